The van der Waals surface area contributed by atoms with Crippen molar-refractivity contribution in [2.45, 2.75) is 6.92 Å². The third-order valence-corrected chi connectivity index (χ3v) is 1.54. The summed E-state index contributed by atoms with van der Waals surface area (Å²) in [6, 6.07) is 0. The van der Waals surface area contributed by atoms with E-state index in [1.807, 2.05) is 0 Å². The van der Waals surface area contributed by atoms with Crippen LogP contribution in [0.3, 0.4) is 0 Å². The predicted molar refractivity (Wildman–Crippen MR) is 47.9 cm³/mol. The normalized spacial score (nSPS) is 13.6. The standard InChI is InChI=1S/C6H6Cl3N/c1-3-5(8)6(9)10-4(2)7/h3H,2H2,1H3/b5-3+,10-6?. The largest absolute Gasteiger partial charge is 0.223 e. The molecule has 0 radical (unpaired) electrons. The molecule has 0 amide bonds. The lowest BCUT2D eigenvalue weighted by atomic mass is 10.5. The number of rotatable bonds is 2. The van der Waals surface area contributed by atoms with Crippen molar-refractivity contribution in [3.8, 4) is 0 Å². The Bertz CT molecular complexity index is 193. The summed E-state index contributed by atoms with van der Waals surface area (Å²) >= 11 is 16.4. The summed E-state index contributed by atoms with van der Waals surface area (Å²) in [5, 5.41) is 0.637. The highest BCUT2D eigenvalue weighted by Crippen LogP contribution is 2.11. The molecule has 0 aliphatic rings. The smallest absolute Gasteiger partial charge is 0.149 e. The maximum atomic E-state index is 5.56. The minimum absolute atomic E-state index is 0.116. The lowest BCUT2D eigenvalue weighted by Crippen LogP contribution is -1.84. The van der Waals surface area contributed by atoms with Crippen molar-refractivity contribution >= 4 is 40.0 Å². The second-order valence-corrected chi connectivity index (χ2v) is 2.62. The van der Waals surface area contributed by atoms with Crippen molar-refractivity contribution in [1.29, 1.82) is 0 Å². The Morgan fingerprint density at radius 1 is 1.40 bits per heavy atom. The van der Waals surface area contributed by atoms with Crippen LogP contribution < -0.4 is 0 Å². The summed E-state index contributed by atoms with van der Waals surface area (Å²) in [5.41, 5.74) is 0. The lowest BCUT2D eigenvalue weighted by Gasteiger charge is -1.91. The van der Waals surface area contributed by atoms with Gasteiger partial charge in [0, 0.05) is 0 Å². The number of hydrogen-bond acceptors (Lipinski definition) is 1. The van der Waals surface area contributed by atoms with Crippen LogP contribution in [0.2, 0.25) is 0 Å². The average Bonchev–Trinajstić information content (AvgIpc) is 1.85. The molecule has 0 unspecified atom stereocenters. The molecule has 0 spiro atoms. The lowest BCUT2D eigenvalue weighted by molar-refractivity contribution is 1.55. The van der Waals surface area contributed by atoms with E-state index in [4.69, 9.17) is 34.8 Å². The zero-order valence-corrected chi connectivity index (χ0v) is 7.63. The van der Waals surface area contributed by atoms with E-state index in [0.29, 0.717) is 5.03 Å². The summed E-state index contributed by atoms with van der Waals surface area (Å²) in [5.74, 6) is 0. The Labute approximate surface area is 75.0 Å². The fraction of sp³-hybridized carbons (Fsp3) is 0.167. The molecular weight excluding hydrogens is 192 g/mol. The Morgan fingerprint density at radius 2 is 1.90 bits per heavy atom. The summed E-state index contributed by atoms with van der Waals surface area (Å²) in [6.45, 7) is 5.07. The van der Waals surface area contributed by atoms with Crippen LogP contribution in [0, 0.1) is 0 Å². The van der Waals surface area contributed by atoms with E-state index in [1.165, 1.54) is 0 Å². The van der Waals surface area contributed by atoms with Crippen molar-refractivity contribution in [1.82, 2.24) is 0 Å². The van der Waals surface area contributed by atoms with Gasteiger partial charge in [-0.2, -0.15) is 0 Å². The first kappa shape index (κ1) is 10.0. The van der Waals surface area contributed by atoms with Crippen LogP contribution in [-0.2, 0) is 0 Å². The van der Waals surface area contributed by atoms with E-state index in [9.17, 15) is 0 Å². The predicted octanol–water partition coefficient (Wildman–Crippen LogP) is 3.48. The molecule has 0 aliphatic heterocycles. The maximum Gasteiger partial charge on any atom is 0.149 e. The molecular formula is C6H6Cl3N. The number of aliphatic imine (C=N–C) groups is 1. The van der Waals surface area contributed by atoms with Crippen LogP contribution in [0.25, 0.3) is 0 Å². The molecule has 0 atom stereocenters. The van der Waals surface area contributed by atoms with E-state index in [1.54, 1.807) is 13.0 Å². The highest BCUT2D eigenvalue weighted by Gasteiger charge is 1.97. The van der Waals surface area contributed by atoms with Crippen molar-refractivity contribution in [3.63, 3.8) is 0 Å². The molecule has 0 N–H and O–H groups in total. The van der Waals surface area contributed by atoms with Crippen LogP contribution in [-0.4, -0.2) is 5.17 Å². The summed E-state index contributed by atoms with van der Waals surface area (Å²) in [7, 11) is 0. The van der Waals surface area contributed by atoms with Gasteiger partial charge >= 0.3 is 0 Å². The molecule has 0 heterocycles. The van der Waals surface area contributed by atoms with Gasteiger partial charge in [-0.3, -0.25) is 0 Å². The Balaban J connectivity index is 4.35. The number of allylic oxidation sites excluding steroid dienone is 2. The van der Waals surface area contributed by atoms with E-state index in [0.717, 1.165) is 0 Å². The quantitative estimate of drug-likeness (QED) is 0.476. The molecule has 10 heavy (non-hydrogen) atoms. The molecule has 0 saturated carbocycles. The van der Waals surface area contributed by atoms with Gasteiger partial charge < -0.3 is 0 Å². The van der Waals surface area contributed by atoms with Crippen LogP contribution in [0.5, 0.6) is 0 Å². The Hall–Kier alpha value is 0.0200. The molecule has 56 valence electrons. The van der Waals surface area contributed by atoms with Crippen LogP contribution >= 0.6 is 34.8 Å². The van der Waals surface area contributed by atoms with Crippen LogP contribution in [0.4, 0.5) is 0 Å². The molecule has 0 aromatic carbocycles. The van der Waals surface area contributed by atoms with E-state index in [-0.39, 0.29) is 10.3 Å². The van der Waals surface area contributed by atoms with Crippen molar-refractivity contribution < 1.29 is 0 Å². The minimum Gasteiger partial charge on any atom is -0.223 e. The van der Waals surface area contributed by atoms with Crippen molar-refractivity contribution in [2.75, 3.05) is 0 Å². The number of hydrogen-bond donors (Lipinski definition) is 0. The summed E-state index contributed by atoms with van der Waals surface area (Å²) < 4.78 is 0. The van der Waals surface area contributed by atoms with Crippen molar-refractivity contribution in [2.24, 2.45) is 4.99 Å². The average molecular weight is 198 g/mol. The monoisotopic (exact) mass is 197 g/mol. The SMILES string of the molecule is C=C(Cl)N=C(Cl)/C(Cl)=C\C. The zero-order valence-electron chi connectivity index (χ0n) is 5.37. The number of nitrogens with zero attached hydrogens (tertiary/aromatic N) is 1. The van der Waals surface area contributed by atoms with Gasteiger partial charge in [0.2, 0.25) is 0 Å². The minimum atomic E-state index is 0.116. The van der Waals surface area contributed by atoms with Gasteiger partial charge in [0.25, 0.3) is 0 Å². The van der Waals surface area contributed by atoms with Gasteiger partial charge in [0.05, 0.1) is 5.03 Å². The van der Waals surface area contributed by atoms with Crippen molar-refractivity contribution in [3.05, 3.63) is 22.8 Å². The van der Waals surface area contributed by atoms with E-state index in [2.05, 4.69) is 11.6 Å². The zero-order chi connectivity index (χ0) is 8.15. The third-order valence-electron chi connectivity index (χ3n) is 0.670. The van der Waals surface area contributed by atoms with Gasteiger partial charge in [-0.25, -0.2) is 4.99 Å². The Kier molecular flexibility index (Phi) is 4.79. The third kappa shape index (κ3) is 3.94. The highest BCUT2D eigenvalue weighted by atomic mass is 35.5. The van der Waals surface area contributed by atoms with Gasteiger partial charge in [0.15, 0.2) is 0 Å². The first-order valence-electron chi connectivity index (χ1n) is 2.48. The number of halogens is 3. The highest BCUT2D eigenvalue weighted by molar-refractivity contribution is 6.76. The maximum absolute atomic E-state index is 5.56. The molecule has 0 aromatic heterocycles. The van der Waals surface area contributed by atoms with Gasteiger partial charge in [-0.05, 0) is 6.92 Å². The second-order valence-electron chi connectivity index (χ2n) is 1.42. The van der Waals surface area contributed by atoms with Crippen LogP contribution in [0.15, 0.2) is 27.8 Å². The van der Waals surface area contributed by atoms with Gasteiger partial charge in [-0.15, -0.1) is 0 Å². The van der Waals surface area contributed by atoms with Gasteiger partial charge in [0.1, 0.15) is 10.3 Å². The Morgan fingerprint density at radius 3 is 2.20 bits per heavy atom. The molecule has 0 aromatic rings. The van der Waals surface area contributed by atoms with Crippen LogP contribution in [0.1, 0.15) is 6.92 Å². The summed E-state index contributed by atoms with van der Waals surface area (Å²) in [4.78, 5) is 3.60. The first-order chi connectivity index (χ1) is 4.57. The molecule has 0 rings (SSSR count). The van der Waals surface area contributed by atoms with Gasteiger partial charge in [-0.1, -0.05) is 47.5 Å². The second kappa shape index (κ2) is 4.78. The molecule has 0 bridgehead atoms. The summed E-state index contributed by atoms with van der Waals surface area (Å²) in [6.07, 6.45) is 1.62. The fourth-order valence-corrected chi connectivity index (χ4v) is 0.660. The first-order valence-corrected chi connectivity index (χ1v) is 3.62. The fourth-order valence-electron chi connectivity index (χ4n) is 0.279. The molecule has 0 aliphatic carbocycles. The molecule has 1 nitrogen and oxygen atoms in total. The molecule has 0 saturated heterocycles. The molecule has 0 fully saturated rings. The topological polar surface area (TPSA) is 12.4 Å². The van der Waals surface area contributed by atoms with E-state index >= 15 is 0 Å². The van der Waals surface area contributed by atoms with E-state index < -0.39 is 0 Å². The molecule has 4 heteroatoms.